The standard InChI is InChI=1S/C24H26F2N2O3/c1-15-16-11-20-21(31-10-9-30-20)12-17(16)24(7-2-3-8-24)14-28(15)13-22(29)27-23-18(25)5-4-6-19(23)26/h4-6,11-12,15H,2-3,7-10,13-14H2,1H3,(H,27,29)/t15-/m1/s1. The summed E-state index contributed by atoms with van der Waals surface area (Å²) in [5, 5.41) is 2.42. The summed E-state index contributed by atoms with van der Waals surface area (Å²) < 4.78 is 39.6. The van der Waals surface area contributed by atoms with Gasteiger partial charge in [0.05, 0.1) is 6.54 Å². The van der Waals surface area contributed by atoms with Crippen LogP contribution in [0.25, 0.3) is 0 Å². The van der Waals surface area contributed by atoms with Crippen LogP contribution >= 0.6 is 0 Å². The molecule has 2 aliphatic heterocycles. The minimum Gasteiger partial charge on any atom is -0.486 e. The first-order chi connectivity index (χ1) is 15.0. The van der Waals surface area contributed by atoms with E-state index in [1.54, 1.807) is 0 Å². The fourth-order valence-electron chi connectivity index (χ4n) is 5.37. The SMILES string of the molecule is C[C@@H]1c2cc3c(cc2C2(CCCC2)CN1CC(=O)Nc1c(F)cccc1F)OCCO3. The van der Waals surface area contributed by atoms with E-state index in [1.807, 2.05) is 0 Å². The van der Waals surface area contributed by atoms with E-state index in [1.165, 1.54) is 11.6 Å². The number of benzene rings is 2. The highest BCUT2D eigenvalue weighted by Crippen LogP contribution is 2.51. The number of halogens is 2. The molecule has 1 aliphatic carbocycles. The van der Waals surface area contributed by atoms with Gasteiger partial charge in [-0.25, -0.2) is 8.78 Å². The number of rotatable bonds is 3. The molecule has 5 rings (SSSR count). The molecule has 1 saturated carbocycles. The van der Waals surface area contributed by atoms with Crippen molar-refractivity contribution in [2.75, 3.05) is 31.6 Å². The minimum absolute atomic E-state index is 0.0340. The van der Waals surface area contributed by atoms with E-state index in [0.29, 0.717) is 13.2 Å². The van der Waals surface area contributed by atoms with Gasteiger partial charge in [-0.2, -0.15) is 0 Å². The molecule has 164 valence electrons. The number of para-hydroxylation sites is 1. The molecular formula is C24H26F2N2O3. The number of hydrogen-bond acceptors (Lipinski definition) is 4. The van der Waals surface area contributed by atoms with Gasteiger partial charge in [0.1, 0.15) is 30.5 Å². The third kappa shape index (κ3) is 3.55. The number of ether oxygens (including phenoxy) is 2. The van der Waals surface area contributed by atoms with Gasteiger partial charge in [0, 0.05) is 18.0 Å². The molecule has 0 radical (unpaired) electrons. The fraction of sp³-hybridized carbons (Fsp3) is 0.458. The molecule has 0 saturated heterocycles. The molecule has 1 fully saturated rings. The van der Waals surface area contributed by atoms with E-state index in [9.17, 15) is 13.6 Å². The zero-order valence-electron chi connectivity index (χ0n) is 17.5. The van der Waals surface area contributed by atoms with Crippen LogP contribution in [0.3, 0.4) is 0 Å². The van der Waals surface area contributed by atoms with Crippen LogP contribution in [0.5, 0.6) is 11.5 Å². The third-order valence-electron chi connectivity index (χ3n) is 6.92. The van der Waals surface area contributed by atoms with Crippen molar-refractivity contribution in [1.82, 2.24) is 4.90 Å². The van der Waals surface area contributed by atoms with Crippen molar-refractivity contribution in [2.24, 2.45) is 0 Å². The highest BCUT2D eigenvalue weighted by Gasteiger charge is 2.45. The number of carbonyl (C=O) groups excluding carboxylic acids is 1. The van der Waals surface area contributed by atoms with E-state index >= 15 is 0 Å². The summed E-state index contributed by atoms with van der Waals surface area (Å²) in [7, 11) is 0. The third-order valence-corrected chi connectivity index (χ3v) is 6.92. The van der Waals surface area contributed by atoms with Gasteiger partial charge in [-0.3, -0.25) is 9.69 Å². The van der Waals surface area contributed by atoms with Crippen LogP contribution in [0, 0.1) is 11.6 Å². The van der Waals surface area contributed by atoms with Crippen LogP contribution in [0.15, 0.2) is 30.3 Å². The van der Waals surface area contributed by atoms with Gasteiger partial charge >= 0.3 is 0 Å². The normalized spacial score (nSPS) is 21.7. The maximum Gasteiger partial charge on any atom is 0.238 e. The van der Waals surface area contributed by atoms with Crippen molar-refractivity contribution in [3.05, 3.63) is 53.1 Å². The zero-order valence-corrected chi connectivity index (χ0v) is 17.5. The van der Waals surface area contributed by atoms with E-state index in [2.05, 4.69) is 29.3 Å². The largest absolute Gasteiger partial charge is 0.486 e. The summed E-state index contributed by atoms with van der Waals surface area (Å²) in [4.78, 5) is 14.9. The highest BCUT2D eigenvalue weighted by atomic mass is 19.1. The average Bonchev–Trinajstić information content (AvgIpc) is 3.23. The van der Waals surface area contributed by atoms with Crippen molar-refractivity contribution in [1.29, 1.82) is 0 Å². The Balaban J connectivity index is 1.44. The first-order valence-corrected chi connectivity index (χ1v) is 10.9. The summed E-state index contributed by atoms with van der Waals surface area (Å²) in [6.07, 6.45) is 4.38. The van der Waals surface area contributed by atoms with Gasteiger partial charge in [-0.1, -0.05) is 18.9 Å². The lowest BCUT2D eigenvalue weighted by molar-refractivity contribution is -0.118. The Morgan fingerprint density at radius 3 is 2.45 bits per heavy atom. The quantitative estimate of drug-likeness (QED) is 0.779. The summed E-state index contributed by atoms with van der Waals surface area (Å²) in [6, 6.07) is 7.70. The number of nitrogens with one attached hydrogen (secondary N) is 1. The molecule has 5 nitrogen and oxygen atoms in total. The van der Waals surface area contributed by atoms with Crippen molar-refractivity contribution < 1.29 is 23.0 Å². The lowest BCUT2D eigenvalue weighted by Crippen LogP contribution is -2.48. The average molecular weight is 428 g/mol. The van der Waals surface area contributed by atoms with E-state index in [-0.39, 0.29) is 18.0 Å². The molecular weight excluding hydrogens is 402 g/mol. The van der Waals surface area contributed by atoms with Crippen molar-refractivity contribution >= 4 is 11.6 Å². The molecule has 7 heteroatoms. The molecule has 1 atom stereocenters. The number of amides is 1. The number of nitrogens with zero attached hydrogens (tertiary/aromatic N) is 1. The second kappa shape index (κ2) is 7.79. The van der Waals surface area contributed by atoms with Crippen molar-refractivity contribution in [3.63, 3.8) is 0 Å². The Hall–Kier alpha value is -2.67. The van der Waals surface area contributed by atoms with Gasteiger partial charge in [0.15, 0.2) is 11.5 Å². The number of fused-ring (bicyclic) bond motifs is 3. The highest BCUT2D eigenvalue weighted by molar-refractivity contribution is 5.92. The van der Waals surface area contributed by atoms with Crippen LogP contribution in [-0.2, 0) is 10.2 Å². The summed E-state index contributed by atoms with van der Waals surface area (Å²) in [6.45, 7) is 3.92. The van der Waals surface area contributed by atoms with Crippen LogP contribution in [0.4, 0.5) is 14.5 Å². The topological polar surface area (TPSA) is 50.8 Å². The lowest BCUT2D eigenvalue weighted by Gasteiger charge is -2.46. The molecule has 0 unspecified atom stereocenters. The van der Waals surface area contributed by atoms with Gasteiger partial charge in [-0.15, -0.1) is 0 Å². The van der Waals surface area contributed by atoms with Gasteiger partial charge < -0.3 is 14.8 Å². The number of carbonyl (C=O) groups is 1. The first kappa shape index (κ1) is 20.2. The minimum atomic E-state index is -0.776. The van der Waals surface area contributed by atoms with E-state index in [0.717, 1.165) is 61.4 Å². The first-order valence-electron chi connectivity index (χ1n) is 10.9. The lowest BCUT2D eigenvalue weighted by atomic mass is 9.71. The fourth-order valence-corrected chi connectivity index (χ4v) is 5.37. The van der Waals surface area contributed by atoms with E-state index < -0.39 is 23.2 Å². The second-order valence-corrected chi connectivity index (χ2v) is 8.80. The molecule has 1 amide bonds. The monoisotopic (exact) mass is 428 g/mol. The Kier molecular flexibility index (Phi) is 5.08. The smallest absolute Gasteiger partial charge is 0.238 e. The molecule has 2 aromatic carbocycles. The Labute approximate surface area is 180 Å². The molecule has 2 aromatic rings. The maximum atomic E-state index is 14.0. The summed E-state index contributed by atoms with van der Waals surface area (Å²) >= 11 is 0. The van der Waals surface area contributed by atoms with Crippen molar-refractivity contribution in [3.8, 4) is 11.5 Å². The second-order valence-electron chi connectivity index (χ2n) is 8.80. The Morgan fingerprint density at radius 2 is 1.77 bits per heavy atom. The van der Waals surface area contributed by atoms with Gasteiger partial charge in [0.2, 0.25) is 5.91 Å². The van der Waals surface area contributed by atoms with Crippen LogP contribution in [0.2, 0.25) is 0 Å². The van der Waals surface area contributed by atoms with Gasteiger partial charge in [0.25, 0.3) is 0 Å². The molecule has 3 aliphatic rings. The summed E-state index contributed by atoms with van der Waals surface area (Å²) in [5.74, 6) is -0.442. The van der Waals surface area contributed by atoms with Crippen LogP contribution in [0.1, 0.15) is 49.8 Å². The Morgan fingerprint density at radius 1 is 1.13 bits per heavy atom. The van der Waals surface area contributed by atoms with Crippen molar-refractivity contribution in [2.45, 2.75) is 44.1 Å². The molecule has 2 heterocycles. The zero-order chi connectivity index (χ0) is 21.6. The molecule has 0 bridgehead atoms. The molecule has 1 N–H and O–H groups in total. The molecule has 1 spiro atoms. The number of hydrogen-bond donors (Lipinski definition) is 1. The maximum absolute atomic E-state index is 14.0. The molecule has 0 aromatic heterocycles. The summed E-state index contributed by atoms with van der Waals surface area (Å²) in [5.41, 5.74) is 2.00. The number of anilines is 1. The van der Waals surface area contributed by atoms with Gasteiger partial charge in [-0.05, 0) is 55.2 Å². The van der Waals surface area contributed by atoms with E-state index in [4.69, 9.17) is 9.47 Å². The Bertz CT molecular complexity index is 1000. The molecule has 31 heavy (non-hydrogen) atoms. The van der Waals surface area contributed by atoms with Crippen LogP contribution < -0.4 is 14.8 Å². The van der Waals surface area contributed by atoms with Crippen LogP contribution in [-0.4, -0.2) is 37.1 Å². The predicted molar refractivity (Wildman–Crippen MR) is 113 cm³/mol. The predicted octanol–water partition coefficient (Wildman–Crippen LogP) is 4.56.